The fourth-order valence-electron chi connectivity index (χ4n) is 3.20. The highest BCUT2D eigenvalue weighted by Crippen LogP contribution is 2.21. The monoisotopic (exact) mass is 402 g/mol. The number of hydrogen-bond acceptors (Lipinski definition) is 5. The van der Waals surface area contributed by atoms with Gasteiger partial charge in [-0.2, -0.15) is 0 Å². The summed E-state index contributed by atoms with van der Waals surface area (Å²) in [6, 6.07) is 11.2. The maximum absolute atomic E-state index is 12.4. The van der Waals surface area contributed by atoms with Crippen LogP contribution in [0.5, 0.6) is 5.75 Å². The van der Waals surface area contributed by atoms with Crippen LogP contribution >= 0.6 is 11.3 Å². The van der Waals surface area contributed by atoms with Crippen LogP contribution in [0.25, 0.3) is 0 Å². The normalized spacial score (nSPS) is 15.9. The number of rotatable bonds is 7. The third-order valence-corrected chi connectivity index (χ3v) is 5.85. The van der Waals surface area contributed by atoms with Crippen molar-refractivity contribution in [2.45, 2.75) is 31.9 Å². The van der Waals surface area contributed by atoms with Gasteiger partial charge in [0, 0.05) is 43.5 Å². The quantitative estimate of drug-likeness (QED) is 0.772. The Hall–Kier alpha value is -2.38. The number of benzene rings is 1. The molecule has 1 aromatic heterocycles. The second kappa shape index (κ2) is 9.71. The molecule has 0 spiro atoms. The van der Waals surface area contributed by atoms with Crippen molar-refractivity contribution in [1.29, 1.82) is 0 Å². The van der Waals surface area contributed by atoms with Gasteiger partial charge in [-0.3, -0.25) is 9.59 Å². The second-order valence-corrected chi connectivity index (χ2v) is 7.85. The molecule has 1 N–H and O–H groups in total. The van der Waals surface area contributed by atoms with Crippen LogP contribution in [0.2, 0.25) is 0 Å². The molecule has 1 atom stereocenters. The molecular weight excluding hydrogens is 376 g/mol. The van der Waals surface area contributed by atoms with Gasteiger partial charge in [0.05, 0.1) is 6.04 Å². The van der Waals surface area contributed by atoms with Gasteiger partial charge in [-0.05, 0) is 42.6 Å². The van der Waals surface area contributed by atoms with Gasteiger partial charge in [-0.25, -0.2) is 0 Å². The van der Waals surface area contributed by atoms with Crippen LogP contribution < -0.4 is 10.1 Å². The Kier molecular flexibility index (Phi) is 7.06. The van der Waals surface area contributed by atoms with Crippen molar-refractivity contribution in [3.8, 4) is 5.75 Å². The lowest BCUT2D eigenvalue weighted by Crippen LogP contribution is -2.43. The minimum Gasteiger partial charge on any atom is -0.490 e. The number of nitrogens with zero attached hydrogens (tertiary/aromatic N) is 1. The van der Waals surface area contributed by atoms with E-state index in [2.05, 4.69) is 5.32 Å². The molecule has 1 aliphatic heterocycles. The molecule has 1 saturated heterocycles. The molecule has 0 saturated carbocycles. The molecule has 6 nitrogen and oxygen atoms in total. The van der Waals surface area contributed by atoms with Gasteiger partial charge in [0.2, 0.25) is 5.91 Å². The van der Waals surface area contributed by atoms with Crippen LogP contribution in [0.4, 0.5) is 0 Å². The summed E-state index contributed by atoms with van der Waals surface area (Å²) in [6.45, 7) is 3.45. The predicted molar refractivity (Wildman–Crippen MR) is 109 cm³/mol. The number of amides is 2. The van der Waals surface area contributed by atoms with Gasteiger partial charge in [-0.1, -0.05) is 6.07 Å². The molecule has 150 valence electrons. The minimum atomic E-state index is -0.0996. The van der Waals surface area contributed by atoms with E-state index in [1.165, 1.54) is 7.11 Å². The van der Waals surface area contributed by atoms with E-state index in [1.807, 2.05) is 41.5 Å². The Morgan fingerprint density at radius 3 is 2.54 bits per heavy atom. The van der Waals surface area contributed by atoms with Crippen molar-refractivity contribution in [2.24, 2.45) is 0 Å². The first kappa shape index (κ1) is 20.4. The Bertz CT molecular complexity index is 768. The van der Waals surface area contributed by atoms with Crippen LogP contribution in [0.15, 0.2) is 41.8 Å². The molecule has 2 heterocycles. The van der Waals surface area contributed by atoms with Crippen molar-refractivity contribution in [3.05, 3.63) is 52.2 Å². The van der Waals surface area contributed by atoms with E-state index in [0.717, 1.165) is 23.5 Å². The van der Waals surface area contributed by atoms with Crippen LogP contribution in [0, 0.1) is 0 Å². The molecule has 0 bridgehead atoms. The molecule has 2 amide bonds. The maximum Gasteiger partial charge on any atom is 0.251 e. The molecular formula is C21H26N2O4S. The van der Waals surface area contributed by atoms with E-state index in [1.54, 1.807) is 23.5 Å². The minimum absolute atomic E-state index is 0.0190. The topological polar surface area (TPSA) is 67.9 Å². The summed E-state index contributed by atoms with van der Waals surface area (Å²) in [4.78, 5) is 27.2. The van der Waals surface area contributed by atoms with Crippen molar-refractivity contribution in [3.63, 3.8) is 0 Å². The zero-order chi connectivity index (χ0) is 19.9. The number of methoxy groups -OCH3 is 1. The van der Waals surface area contributed by atoms with E-state index >= 15 is 0 Å². The average Bonchev–Trinajstić information content (AvgIpc) is 3.24. The number of piperidine rings is 1. The third kappa shape index (κ3) is 5.33. The zero-order valence-corrected chi connectivity index (χ0v) is 17.0. The average molecular weight is 403 g/mol. The van der Waals surface area contributed by atoms with Crippen molar-refractivity contribution >= 4 is 23.2 Å². The highest BCUT2D eigenvalue weighted by molar-refractivity contribution is 7.10. The summed E-state index contributed by atoms with van der Waals surface area (Å²) in [5.74, 6) is 0.662. The summed E-state index contributed by atoms with van der Waals surface area (Å²) in [5.41, 5.74) is 0.607. The van der Waals surface area contributed by atoms with E-state index in [4.69, 9.17) is 9.47 Å². The number of nitrogens with one attached hydrogen (secondary N) is 1. The van der Waals surface area contributed by atoms with E-state index in [-0.39, 0.29) is 30.6 Å². The lowest BCUT2D eigenvalue weighted by Gasteiger charge is -2.32. The van der Waals surface area contributed by atoms with Gasteiger partial charge in [-0.15, -0.1) is 11.3 Å². The lowest BCUT2D eigenvalue weighted by atomic mass is 10.1. The molecule has 7 heteroatoms. The smallest absolute Gasteiger partial charge is 0.251 e. The molecule has 1 aliphatic rings. The first-order chi connectivity index (χ1) is 13.6. The van der Waals surface area contributed by atoms with E-state index in [0.29, 0.717) is 18.7 Å². The Labute approximate surface area is 169 Å². The molecule has 0 unspecified atom stereocenters. The molecule has 0 aliphatic carbocycles. The number of ether oxygens (including phenoxy) is 2. The Morgan fingerprint density at radius 1 is 1.21 bits per heavy atom. The number of hydrogen-bond donors (Lipinski definition) is 1. The highest BCUT2D eigenvalue weighted by Gasteiger charge is 2.23. The van der Waals surface area contributed by atoms with Gasteiger partial charge in [0.25, 0.3) is 5.91 Å². The summed E-state index contributed by atoms with van der Waals surface area (Å²) in [7, 11) is 1.53. The number of thiophene rings is 1. The molecule has 2 aromatic rings. The first-order valence-corrected chi connectivity index (χ1v) is 10.3. The molecule has 1 aromatic carbocycles. The summed E-state index contributed by atoms with van der Waals surface area (Å²) in [5, 5.41) is 5.01. The fraction of sp³-hybridized carbons (Fsp3) is 0.429. The number of likely N-dealkylation sites (tertiary alicyclic amines) is 1. The van der Waals surface area contributed by atoms with Gasteiger partial charge >= 0.3 is 0 Å². The SMILES string of the molecule is COCC(=O)N1CCC(Oc2ccc(C(=O)N[C@@H](C)c3cccs3)cc2)CC1. The number of carbonyl (C=O) groups is 2. The van der Waals surface area contributed by atoms with Crippen molar-refractivity contribution in [1.82, 2.24) is 10.2 Å². The largest absolute Gasteiger partial charge is 0.490 e. The van der Waals surface area contributed by atoms with E-state index in [9.17, 15) is 9.59 Å². The zero-order valence-electron chi connectivity index (χ0n) is 16.2. The lowest BCUT2D eigenvalue weighted by molar-refractivity contribution is -0.136. The van der Waals surface area contributed by atoms with Crippen LogP contribution in [0.3, 0.4) is 0 Å². The molecule has 0 radical (unpaired) electrons. The van der Waals surface area contributed by atoms with Gasteiger partial charge in [0.15, 0.2) is 0 Å². The Balaban J connectivity index is 1.48. The summed E-state index contributed by atoms with van der Waals surface area (Å²) >= 11 is 1.63. The van der Waals surface area contributed by atoms with Crippen LogP contribution in [-0.4, -0.2) is 49.6 Å². The third-order valence-electron chi connectivity index (χ3n) is 4.80. The fourth-order valence-corrected chi connectivity index (χ4v) is 3.94. The van der Waals surface area contributed by atoms with Crippen LogP contribution in [-0.2, 0) is 9.53 Å². The van der Waals surface area contributed by atoms with Crippen LogP contribution in [0.1, 0.15) is 41.0 Å². The molecule has 28 heavy (non-hydrogen) atoms. The van der Waals surface area contributed by atoms with Gasteiger partial charge < -0.3 is 19.7 Å². The highest BCUT2D eigenvalue weighted by atomic mass is 32.1. The number of carbonyl (C=O) groups excluding carboxylic acids is 2. The first-order valence-electron chi connectivity index (χ1n) is 9.44. The maximum atomic E-state index is 12.4. The Morgan fingerprint density at radius 2 is 1.93 bits per heavy atom. The standard InChI is InChI=1S/C21H26N2O4S/c1-15(19-4-3-13-28-19)22-21(25)16-5-7-17(8-6-16)27-18-9-11-23(12-10-18)20(24)14-26-2/h3-8,13,15,18H,9-12,14H2,1-2H3,(H,22,25)/t15-/m0/s1. The van der Waals surface area contributed by atoms with Crippen molar-refractivity contribution < 1.29 is 19.1 Å². The summed E-state index contributed by atoms with van der Waals surface area (Å²) < 4.78 is 10.9. The summed E-state index contributed by atoms with van der Waals surface area (Å²) in [6.07, 6.45) is 1.65. The molecule has 1 fully saturated rings. The van der Waals surface area contributed by atoms with E-state index < -0.39 is 0 Å². The molecule has 3 rings (SSSR count). The predicted octanol–water partition coefficient (Wildman–Crippen LogP) is 3.26. The van der Waals surface area contributed by atoms with Gasteiger partial charge in [0.1, 0.15) is 18.5 Å². The second-order valence-electron chi connectivity index (χ2n) is 6.87. The van der Waals surface area contributed by atoms with Crippen molar-refractivity contribution in [2.75, 3.05) is 26.8 Å².